The Morgan fingerprint density at radius 3 is 2.68 bits per heavy atom. The molecule has 4 nitrogen and oxygen atoms in total. The standard InChI is InChI=1S/C14H27N3O.HI/c1-15-14(16-8-3-4-12-5-6-12)17(2)10-13-7-9-18-11-13;/h12-13H,3-11H2,1-2H3,(H,15,16);1H. The average molecular weight is 381 g/mol. The highest BCUT2D eigenvalue weighted by molar-refractivity contribution is 14.0. The number of hydrogen-bond acceptors (Lipinski definition) is 2. The Balaban J connectivity index is 0.00000180. The first-order valence-corrected chi connectivity index (χ1v) is 7.29. The Bertz CT molecular complexity index is 276. The lowest BCUT2D eigenvalue weighted by atomic mass is 10.1. The largest absolute Gasteiger partial charge is 0.381 e. The summed E-state index contributed by atoms with van der Waals surface area (Å²) in [7, 11) is 3.99. The van der Waals surface area contributed by atoms with Gasteiger partial charge in [0, 0.05) is 39.7 Å². The molecule has 0 spiro atoms. The van der Waals surface area contributed by atoms with Crippen LogP contribution in [0.4, 0.5) is 0 Å². The van der Waals surface area contributed by atoms with Crippen molar-refractivity contribution in [2.24, 2.45) is 16.8 Å². The van der Waals surface area contributed by atoms with Crippen molar-refractivity contribution < 1.29 is 4.74 Å². The summed E-state index contributed by atoms with van der Waals surface area (Å²) in [6.45, 7) is 3.92. The number of nitrogens with one attached hydrogen (secondary N) is 1. The van der Waals surface area contributed by atoms with Crippen molar-refractivity contribution in [1.29, 1.82) is 0 Å². The van der Waals surface area contributed by atoms with Gasteiger partial charge >= 0.3 is 0 Å². The molecular weight excluding hydrogens is 353 g/mol. The van der Waals surface area contributed by atoms with Crippen molar-refractivity contribution in [1.82, 2.24) is 10.2 Å². The van der Waals surface area contributed by atoms with Crippen LogP contribution in [-0.4, -0.2) is 51.3 Å². The first-order valence-electron chi connectivity index (χ1n) is 7.29. The van der Waals surface area contributed by atoms with Gasteiger partial charge in [-0.2, -0.15) is 0 Å². The summed E-state index contributed by atoms with van der Waals surface area (Å²) >= 11 is 0. The third-order valence-corrected chi connectivity index (χ3v) is 3.90. The average Bonchev–Trinajstić information content (AvgIpc) is 3.05. The smallest absolute Gasteiger partial charge is 0.193 e. The molecule has 0 aromatic rings. The number of rotatable bonds is 6. The Hall–Kier alpha value is -0.0400. The Morgan fingerprint density at radius 1 is 1.32 bits per heavy atom. The van der Waals surface area contributed by atoms with Gasteiger partial charge in [-0.25, -0.2) is 0 Å². The topological polar surface area (TPSA) is 36.9 Å². The van der Waals surface area contributed by atoms with Gasteiger partial charge in [-0.1, -0.05) is 12.8 Å². The molecule has 1 heterocycles. The van der Waals surface area contributed by atoms with E-state index < -0.39 is 0 Å². The second-order valence-corrected chi connectivity index (χ2v) is 5.67. The van der Waals surface area contributed by atoms with E-state index in [-0.39, 0.29) is 24.0 Å². The molecule has 0 aromatic heterocycles. The first kappa shape index (κ1) is 17.0. The van der Waals surface area contributed by atoms with E-state index in [1.54, 1.807) is 0 Å². The van der Waals surface area contributed by atoms with Crippen LogP contribution in [0, 0.1) is 11.8 Å². The minimum absolute atomic E-state index is 0. The molecule has 112 valence electrons. The summed E-state index contributed by atoms with van der Waals surface area (Å²) in [5.41, 5.74) is 0. The van der Waals surface area contributed by atoms with Crippen molar-refractivity contribution in [3.05, 3.63) is 0 Å². The van der Waals surface area contributed by atoms with Crippen LogP contribution in [0.5, 0.6) is 0 Å². The van der Waals surface area contributed by atoms with E-state index in [1.165, 1.54) is 32.1 Å². The molecule has 1 unspecified atom stereocenters. The van der Waals surface area contributed by atoms with Gasteiger partial charge in [0.15, 0.2) is 5.96 Å². The van der Waals surface area contributed by atoms with Crippen molar-refractivity contribution in [3.8, 4) is 0 Å². The summed E-state index contributed by atoms with van der Waals surface area (Å²) in [5, 5.41) is 3.46. The lowest BCUT2D eigenvalue weighted by Gasteiger charge is -2.24. The van der Waals surface area contributed by atoms with E-state index in [1.807, 2.05) is 7.05 Å². The van der Waals surface area contributed by atoms with Crippen LogP contribution in [0.3, 0.4) is 0 Å². The van der Waals surface area contributed by atoms with E-state index in [4.69, 9.17) is 4.74 Å². The number of aliphatic imine (C=N–C) groups is 1. The second kappa shape index (κ2) is 9.00. The molecule has 1 N–H and O–H groups in total. The maximum Gasteiger partial charge on any atom is 0.193 e. The maximum absolute atomic E-state index is 5.42. The minimum atomic E-state index is 0. The van der Waals surface area contributed by atoms with Gasteiger partial charge in [0.25, 0.3) is 0 Å². The van der Waals surface area contributed by atoms with Crippen molar-refractivity contribution in [3.63, 3.8) is 0 Å². The summed E-state index contributed by atoms with van der Waals surface area (Å²) < 4.78 is 5.42. The molecular formula is C14H28IN3O. The van der Waals surface area contributed by atoms with Crippen LogP contribution < -0.4 is 5.32 Å². The lowest BCUT2D eigenvalue weighted by Crippen LogP contribution is -2.41. The number of nitrogens with zero attached hydrogens (tertiary/aromatic N) is 2. The quantitative estimate of drug-likeness (QED) is 0.332. The first-order chi connectivity index (χ1) is 8.79. The third-order valence-electron chi connectivity index (χ3n) is 3.90. The normalized spacial score (nSPS) is 23.1. The second-order valence-electron chi connectivity index (χ2n) is 5.67. The zero-order valence-corrected chi connectivity index (χ0v) is 14.6. The summed E-state index contributed by atoms with van der Waals surface area (Å²) in [6.07, 6.45) is 6.74. The van der Waals surface area contributed by atoms with Crippen LogP contribution in [0.25, 0.3) is 0 Å². The monoisotopic (exact) mass is 381 g/mol. The Kier molecular flexibility index (Phi) is 8.06. The molecule has 1 atom stereocenters. The predicted octanol–water partition coefficient (Wildman–Crippen LogP) is 2.34. The van der Waals surface area contributed by atoms with Crippen molar-refractivity contribution in [2.45, 2.75) is 32.1 Å². The molecule has 2 fully saturated rings. The van der Waals surface area contributed by atoms with E-state index in [2.05, 4.69) is 22.3 Å². The molecule has 5 heteroatoms. The van der Waals surface area contributed by atoms with Gasteiger partial charge in [-0.3, -0.25) is 4.99 Å². The highest BCUT2D eigenvalue weighted by Gasteiger charge is 2.21. The molecule has 0 amide bonds. The molecule has 1 saturated heterocycles. The minimum Gasteiger partial charge on any atom is -0.381 e. The van der Waals surface area contributed by atoms with Gasteiger partial charge in [-0.15, -0.1) is 24.0 Å². The van der Waals surface area contributed by atoms with E-state index >= 15 is 0 Å². The van der Waals surface area contributed by atoms with Crippen LogP contribution >= 0.6 is 24.0 Å². The fourth-order valence-electron chi connectivity index (χ4n) is 2.58. The lowest BCUT2D eigenvalue weighted by molar-refractivity contribution is 0.181. The summed E-state index contributed by atoms with van der Waals surface area (Å²) in [4.78, 5) is 6.59. The van der Waals surface area contributed by atoms with Gasteiger partial charge in [-0.05, 0) is 25.2 Å². The molecule has 2 rings (SSSR count). The number of hydrogen-bond donors (Lipinski definition) is 1. The SMILES string of the molecule is CN=C(NCCCC1CC1)N(C)CC1CCOC1.I. The molecule has 19 heavy (non-hydrogen) atoms. The predicted molar refractivity (Wildman–Crippen MR) is 90.3 cm³/mol. The maximum atomic E-state index is 5.42. The zero-order valence-electron chi connectivity index (χ0n) is 12.2. The summed E-state index contributed by atoms with van der Waals surface area (Å²) in [5.74, 6) is 2.72. The molecule has 0 aromatic carbocycles. The Morgan fingerprint density at radius 2 is 2.11 bits per heavy atom. The van der Waals surface area contributed by atoms with Crippen molar-refractivity contribution >= 4 is 29.9 Å². The van der Waals surface area contributed by atoms with Gasteiger partial charge in [0.2, 0.25) is 0 Å². The molecule has 1 aliphatic heterocycles. The molecule has 0 bridgehead atoms. The van der Waals surface area contributed by atoms with Crippen LogP contribution in [-0.2, 0) is 4.74 Å². The van der Waals surface area contributed by atoms with E-state index in [0.717, 1.165) is 38.2 Å². The summed E-state index contributed by atoms with van der Waals surface area (Å²) in [6, 6.07) is 0. The zero-order chi connectivity index (χ0) is 12.8. The fourth-order valence-corrected chi connectivity index (χ4v) is 2.58. The molecule has 1 aliphatic carbocycles. The molecule has 1 saturated carbocycles. The van der Waals surface area contributed by atoms with Crippen molar-refractivity contribution in [2.75, 3.05) is 40.4 Å². The van der Waals surface area contributed by atoms with Crippen LogP contribution in [0.15, 0.2) is 4.99 Å². The number of ether oxygens (including phenoxy) is 1. The van der Waals surface area contributed by atoms with Gasteiger partial charge < -0.3 is 15.0 Å². The van der Waals surface area contributed by atoms with Gasteiger partial charge in [0.05, 0.1) is 6.61 Å². The van der Waals surface area contributed by atoms with E-state index in [0.29, 0.717) is 5.92 Å². The van der Waals surface area contributed by atoms with Gasteiger partial charge in [0.1, 0.15) is 0 Å². The highest BCUT2D eigenvalue weighted by atomic mass is 127. The molecule has 2 aliphatic rings. The highest BCUT2D eigenvalue weighted by Crippen LogP contribution is 2.33. The number of halogens is 1. The fraction of sp³-hybridized carbons (Fsp3) is 0.929. The van der Waals surface area contributed by atoms with Crippen LogP contribution in [0.2, 0.25) is 0 Å². The molecule has 0 radical (unpaired) electrons. The number of guanidine groups is 1. The Labute approximate surface area is 134 Å². The third kappa shape index (κ3) is 6.29. The van der Waals surface area contributed by atoms with E-state index in [9.17, 15) is 0 Å². The van der Waals surface area contributed by atoms with Crippen LogP contribution in [0.1, 0.15) is 32.1 Å².